The van der Waals surface area contributed by atoms with E-state index in [0.29, 0.717) is 5.75 Å². The summed E-state index contributed by atoms with van der Waals surface area (Å²) < 4.78 is 0. The smallest absolute Gasteiger partial charge is 0.115 e. The van der Waals surface area contributed by atoms with E-state index in [-0.39, 0.29) is 0 Å². The highest BCUT2D eigenvalue weighted by atomic mass is 16.3. The third-order valence-electron chi connectivity index (χ3n) is 2.35. The van der Waals surface area contributed by atoms with Gasteiger partial charge in [-0.3, -0.25) is 0 Å². The summed E-state index contributed by atoms with van der Waals surface area (Å²) in [7, 11) is 2.10. The Hall–Kier alpha value is -1.18. The van der Waals surface area contributed by atoms with Crippen molar-refractivity contribution < 1.29 is 5.11 Å². The molecule has 1 aromatic carbocycles. The van der Waals surface area contributed by atoms with Gasteiger partial charge in [0.1, 0.15) is 5.75 Å². The van der Waals surface area contributed by atoms with Crippen LogP contribution in [-0.2, 0) is 0 Å². The molecular formula is C10H13NO. The maximum Gasteiger partial charge on any atom is 0.115 e. The molecule has 0 aliphatic heterocycles. The van der Waals surface area contributed by atoms with Gasteiger partial charge < -0.3 is 10.0 Å². The second-order valence-corrected chi connectivity index (χ2v) is 3.36. The number of hydrogen-bond donors (Lipinski definition) is 1. The highest BCUT2D eigenvalue weighted by molar-refractivity contribution is 5.49. The fraction of sp³-hybridized carbons (Fsp3) is 0.400. The number of anilines is 1. The Kier molecular flexibility index (Phi) is 1.68. The Morgan fingerprint density at radius 2 is 1.83 bits per heavy atom. The zero-order valence-electron chi connectivity index (χ0n) is 7.20. The molecule has 1 aliphatic carbocycles. The van der Waals surface area contributed by atoms with Crippen molar-refractivity contribution >= 4 is 5.69 Å². The molecule has 0 unspecified atom stereocenters. The van der Waals surface area contributed by atoms with Crippen molar-refractivity contribution in [3.8, 4) is 5.75 Å². The van der Waals surface area contributed by atoms with Crippen molar-refractivity contribution in [2.75, 3.05) is 11.9 Å². The monoisotopic (exact) mass is 163 g/mol. The van der Waals surface area contributed by atoms with E-state index in [9.17, 15) is 0 Å². The number of nitrogens with zero attached hydrogens (tertiary/aromatic N) is 1. The van der Waals surface area contributed by atoms with Crippen molar-refractivity contribution in [2.45, 2.75) is 18.9 Å². The molecule has 64 valence electrons. The zero-order chi connectivity index (χ0) is 8.55. The van der Waals surface area contributed by atoms with Crippen LogP contribution < -0.4 is 4.90 Å². The molecule has 0 bridgehead atoms. The van der Waals surface area contributed by atoms with Crippen LogP contribution in [0.5, 0.6) is 5.75 Å². The number of phenolic OH excluding ortho intramolecular Hbond substituents is 1. The van der Waals surface area contributed by atoms with E-state index >= 15 is 0 Å². The molecule has 1 fully saturated rings. The van der Waals surface area contributed by atoms with Crippen LogP contribution in [-0.4, -0.2) is 18.2 Å². The fourth-order valence-corrected chi connectivity index (χ4v) is 1.36. The molecular weight excluding hydrogens is 150 g/mol. The highest BCUT2D eigenvalue weighted by Gasteiger charge is 2.26. The Balaban J connectivity index is 2.16. The first-order chi connectivity index (χ1) is 5.77. The molecule has 12 heavy (non-hydrogen) atoms. The molecule has 0 amide bonds. The van der Waals surface area contributed by atoms with Crippen LogP contribution in [0.4, 0.5) is 5.69 Å². The van der Waals surface area contributed by atoms with E-state index in [4.69, 9.17) is 5.11 Å². The van der Waals surface area contributed by atoms with E-state index < -0.39 is 0 Å². The van der Waals surface area contributed by atoms with Gasteiger partial charge >= 0.3 is 0 Å². The van der Waals surface area contributed by atoms with E-state index in [1.807, 2.05) is 12.1 Å². The average molecular weight is 163 g/mol. The minimum absolute atomic E-state index is 0.336. The van der Waals surface area contributed by atoms with E-state index in [1.165, 1.54) is 18.5 Å². The Morgan fingerprint density at radius 3 is 2.33 bits per heavy atom. The molecule has 0 aromatic heterocycles. The van der Waals surface area contributed by atoms with Gasteiger partial charge in [-0.15, -0.1) is 0 Å². The maximum atomic E-state index is 9.07. The lowest BCUT2D eigenvalue weighted by molar-refractivity contribution is 0.475. The summed E-state index contributed by atoms with van der Waals surface area (Å²) in [4.78, 5) is 2.26. The molecule has 0 radical (unpaired) electrons. The first-order valence-corrected chi connectivity index (χ1v) is 4.29. The standard InChI is InChI=1S/C10H13NO/c1-11(8-2-3-8)9-4-6-10(12)7-5-9/h4-8,12H,2-3H2,1H3. The predicted molar refractivity (Wildman–Crippen MR) is 49.5 cm³/mol. The van der Waals surface area contributed by atoms with Gasteiger partial charge in [-0.25, -0.2) is 0 Å². The number of aromatic hydroxyl groups is 1. The van der Waals surface area contributed by atoms with E-state index in [1.54, 1.807) is 12.1 Å². The van der Waals surface area contributed by atoms with Gasteiger partial charge in [0, 0.05) is 18.8 Å². The molecule has 0 atom stereocenters. The topological polar surface area (TPSA) is 23.5 Å². The largest absolute Gasteiger partial charge is 0.508 e. The molecule has 1 aromatic rings. The maximum absolute atomic E-state index is 9.07. The molecule has 1 N–H and O–H groups in total. The fourth-order valence-electron chi connectivity index (χ4n) is 1.36. The van der Waals surface area contributed by atoms with Crippen LogP contribution in [0.3, 0.4) is 0 Å². The third-order valence-corrected chi connectivity index (χ3v) is 2.35. The molecule has 0 heterocycles. The van der Waals surface area contributed by atoms with Crippen molar-refractivity contribution in [2.24, 2.45) is 0 Å². The summed E-state index contributed by atoms with van der Waals surface area (Å²) >= 11 is 0. The lowest BCUT2D eigenvalue weighted by Gasteiger charge is -2.18. The van der Waals surface area contributed by atoms with Crippen molar-refractivity contribution in [3.05, 3.63) is 24.3 Å². The summed E-state index contributed by atoms with van der Waals surface area (Å²) in [5.41, 5.74) is 1.19. The second kappa shape index (κ2) is 2.70. The number of phenols is 1. The van der Waals surface area contributed by atoms with Gasteiger partial charge in [0.15, 0.2) is 0 Å². The lowest BCUT2D eigenvalue weighted by Crippen LogP contribution is -2.18. The van der Waals surface area contributed by atoms with Gasteiger partial charge in [-0.1, -0.05) is 0 Å². The van der Waals surface area contributed by atoms with Gasteiger partial charge in [0.05, 0.1) is 0 Å². The quantitative estimate of drug-likeness (QED) is 0.720. The van der Waals surface area contributed by atoms with E-state index in [0.717, 1.165) is 6.04 Å². The van der Waals surface area contributed by atoms with Crippen molar-refractivity contribution in [1.29, 1.82) is 0 Å². The summed E-state index contributed by atoms with van der Waals surface area (Å²) in [6.45, 7) is 0. The molecule has 0 saturated heterocycles. The third kappa shape index (κ3) is 1.37. The van der Waals surface area contributed by atoms with Crippen LogP contribution in [0.15, 0.2) is 24.3 Å². The molecule has 0 spiro atoms. The molecule has 1 aliphatic rings. The number of benzene rings is 1. The van der Waals surface area contributed by atoms with Crippen molar-refractivity contribution in [1.82, 2.24) is 0 Å². The molecule has 2 rings (SSSR count). The molecule has 2 nitrogen and oxygen atoms in total. The zero-order valence-corrected chi connectivity index (χ0v) is 7.20. The van der Waals surface area contributed by atoms with Crippen molar-refractivity contribution in [3.63, 3.8) is 0 Å². The minimum atomic E-state index is 0.336. The number of rotatable bonds is 2. The van der Waals surface area contributed by atoms with Crippen LogP contribution >= 0.6 is 0 Å². The second-order valence-electron chi connectivity index (χ2n) is 3.36. The first-order valence-electron chi connectivity index (χ1n) is 4.29. The lowest BCUT2D eigenvalue weighted by atomic mass is 10.3. The van der Waals surface area contributed by atoms with Gasteiger partial charge in [0.25, 0.3) is 0 Å². The van der Waals surface area contributed by atoms with Gasteiger partial charge in [-0.05, 0) is 37.1 Å². The normalized spacial score (nSPS) is 16.1. The Bertz CT molecular complexity index is 264. The number of hydrogen-bond acceptors (Lipinski definition) is 2. The van der Waals surface area contributed by atoms with Gasteiger partial charge in [0.2, 0.25) is 0 Å². The van der Waals surface area contributed by atoms with E-state index in [2.05, 4.69) is 11.9 Å². The first kappa shape index (κ1) is 7.47. The van der Waals surface area contributed by atoms with Crippen LogP contribution in [0, 0.1) is 0 Å². The molecule has 1 saturated carbocycles. The Labute approximate surface area is 72.4 Å². The summed E-state index contributed by atoms with van der Waals surface area (Å²) in [6.07, 6.45) is 2.61. The average Bonchev–Trinajstić information content (AvgIpc) is 2.87. The Morgan fingerprint density at radius 1 is 1.25 bits per heavy atom. The SMILES string of the molecule is CN(c1ccc(O)cc1)C1CC1. The summed E-state index contributed by atoms with van der Waals surface area (Å²) in [5.74, 6) is 0.336. The highest BCUT2D eigenvalue weighted by Crippen LogP contribution is 2.30. The summed E-state index contributed by atoms with van der Waals surface area (Å²) in [6, 6.07) is 8.10. The van der Waals surface area contributed by atoms with Gasteiger partial charge in [-0.2, -0.15) is 0 Å². The van der Waals surface area contributed by atoms with Crippen LogP contribution in [0.25, 0.3) is 0 Å². The summed E-state index contributed by atoms with van der Waals surface area (Å²) in [5, 5.41) is 9.07. The molecule has 2 heteroatoms. The predicted octanol–water partition coefficient (Wildman–Crippen LogP) is 1.99. The minimum Gasteiger partial charge on any atom is -0.508 e. The van der Waals surface area contributed by atoms with Crippen LogP contribution in [0.1, 0.15) is 12.8 Å². The van der Waals surface area contributed by atoms with Crippen LogP contribution in [0.2, 0.25) is 0 Å².